The summed E-state index contributed by atoms with van der Waals surface area (Å²) in [5.41, 5.74) is 0. The zero-order chi connectivity index (χ0) is 9.35. The summed E-state index contributed by atoms with van der Waals surface area (Å²) in [4.78, 5) is 12.2. The van der Waals surface area contributed by atoms with Gasteiger partial charge >= 0.3 is 0 Å². The van der Waals surface area contributed by atoms with Gasteiger partial charge in [0.2, 0.25) is 9.70 Å². The maximum absolute atomic E-state index is 11.1. The lowest BCUT2D eigenvalue weighted by Crippen LogP contribution is -2.44. The zero-order valence-corrected chi connectivity index (χ0v) is 8.40. The van der Waals surface area contributed by atoms with Crippen molar-refractivity contribution in [3.05, 3.63) is 0 Å². The Morgan fingerprint density at radius 1 is 1.50 bits per heavy atom. The Bertz CT molecular complexity index is 192. The monoisotopic (exact) mass is 231 g/mol. The molecule has 1 aliphatic rings. The number of likely N-dealkylation sites (tertiary alicyclic amines) is 1. The second kappa shape index (κ2) is 3.58. The van der Waals surface area contributed by atoms with Crippen LogP contribution in [0.4, 0.5) is 0 Å². The first-order chi connectivity index (χ1) is 5.43. The second-order valence-corrected chi connectivity index (χ2v) is 4.97. The van der Waals surface area contributed by atoms with Crippen LogP contribution in [0.15, 0.2) is 0 Å². The van der Waals surface area contributed by atoms with Gasteiger partial charge < -0.3 is 10.0 Å². The van der Waals surface area contributed by atoms with E-state index >= 15 is 0 Å². The number of carbonyl (C=O) groups excluding carboxylic acids is 1. The molecular formula is C6H8Cl3NO2. The molecule has 1 N–H and O–H groups in total. The molecule has 0 bridgehead atoms. The van der Waals surface area contributed by atoms with Gasteiger partial charge in [0.25, 0.3) is 0 Å². The predicted octanol–water partition coefficient (Wildman–Crippen LogP) is 1.30. The molecule has 70 valence electrons. The minimum Gasteiger partial charge on any atom is -0.369 e. The fourth-order valence-electron chi connectivity index (χ4n) is 1.10. The van der Waals surface area contributed by atoms with Crippen molar-refractivity contribution >= 4 is 40.7 Å². The van der Waals surface area contributed by atoms with E-state index in [1.54, 1.807) is 0 Å². The molecule has 1 aliphatic heterocycles. The minimum atomic E-state index is -1.82. The van der Waals surface area contributed by atoms with Crippen molar-refractivity contribution in [2.24, 2.45) is 0 Å². The Morgan fingerprint density at radius 2 is 2.08 bits per heavy atom. The van der Waals surface area contributed by atoms with Crippen LogP contribution in [-0.4, -0.2) is 32.5 Å². The van der Waals surface area contributed by atoms with Gasteiger partial charge in [-0.05, 0) is 6.42 Å². The largest absolute Gasteiger partial charge is 0.369 e. The van der Waals surface area contributed by atoms with Crippen molar-refractivity contribution in [1.29, 1.82) is 0 Å². The number of aliphatic hydroxyl groups is 1. The number of aliphatic hydroxyl groups excluding tert-OH is 1. The molecule has 0 aromatic carbocycles. The Balaban J connectivity index is 2.63. The Hall–Kier alpha value is 0.300. The van der Waals surface area contributed by atoms with Crippen LogP contribution >= 0.6 is 34.8 Å². The lowest BCUT2D eigenvalue weighted by atomic mass is 10.4. The van der Waals surface area contributed by atoms with Crippen LogP contribution in [0.25, 0.3) is 0 Å². The van der Waals surface area contributed by atoms with Crippen LogP contribution in [0.3, 0.4) is 0 Å². The standard InChI is InChI=1S/C6H8Cl3NO2/c7-6(8,9)5(12)10-3-1-2-4(10)11/h5,12H,1-3H2/t5-/m1/s1. The molecular weight excluding hydrogens is 224 g/mol. The van der Waals surface area contributed by atoms with E-state index in [1.807, 2.05) is 0 Å². The van der Waals surface area contributed by atoms with Gasteiger partial charge in [0.1, 0.15) is 0 Å². The summed E-state index contributed by atoms with van der Waals surface area (Å²) < 4.78 is -1.82. The molecule has 3 nitrogen and oxygen atoms in total. The number of nitrogens with zero attached hydrogens (tertiary/aromatic N) is 1. The molecule has 1 heterocycles. The third-order valence-electron chi connectivity index (χ3n) is 1.70. The molecule has 0 aromatic heterocycles. The van der Waals surface area contributed by atoms with Crippen LogP contribution in [-0.2, 0) is 4.79 Å². The molecule has 0 aromatic rings. The second-order valence-electron chi connectivity index (χ2n) is 2.61. The molecule has 1 rings (SSSR count). The van der Waals surface area contributed by atoms with E-state index in [9.17, 15) is 9.90 Å². The van der Waals surface area contributed by atoms with Gasteiger partial charge in [-0.25, -0.2) is 0 Å². The van der Waals surface area contributed by atoms with Gasteiger partial charge in [-0.2, -0.15) is 0 Å². The molecule has 12 heavy (non-hydrogen) atoms. The van der Waals surface area contributed by atoms with Gasteiger partial charge in [-0.3, -0.25) is 4.79 Å². The lowest BCUT2D eigenvalue weighted by molar-refractivity contribution is -0.136. The highest BCUT2D eigenvalue weighted by Crippen LogP contribution is 2.33. The first kappa shape index (κ1) is 10.4. The van der Waals surface area contributed by atoms with Crippen molar-refractivity contribution in [3.8, 4) is 0 Å². The maximum Gasteiger partial charge on any atom is 0.234 e. The van der Waals surface area contributed by atoms with E-state index < -0.39 is 10.0 Å². The van der Waals surface area contributed by atoms with Crippen LogP contribution in [0.5, 0.6) is 0 Å². The first-order valence-electron chi connectivity index (χ1n) is 3.47. The number of amides is 1. The average molecular weight is 232 g/mol. The smallest absolute Gasteiger partial charge is 0.234 e. The van der Waals surface area contributed by atoms with E-state index in [-0.39, 0.29) is 5.91 Å². The topological polar surface area (TPSA) is 40.5 Å². The van der Waals surface area contributed by atoms with Crippen molar-refractivity contribution in [2.75, 3.05) is 6.54 Å². The van der Waals surface area contributed by atoms with Crippen molar-refractivity contribution in [3.63, 3.8) is 0 Å². The van der Waals surface area contributed by atoms with Gasteiger partial charge in [0, 0.05) is 13.0 Å². The average Bonchev–Trinajstić information content (AvgIpc) is 2.31. The van der Waals surface area contributed by atoms with Crippen molar-refractivity contribution in [1.82, 2.24) is 4.90 Å². The first-order valence-corrected chi connectivity index (χ1v) is 4.60. The van der Waals surface area contributed by atoms with Gasteiger partial charge in [-0.1, -0.05) is 34.8 Å². The third-order valence-corrected chi connectivity index (χ3v) is 2.28. The highest BCUT2D eigenvalue weighted by molar-refractivity contribution is 6.68. The summed E-state index contributed by atoms with van der Waals surface area (Å²) in [6.45, 7) is 0.452. The number of hydrogen-bond acceptors (Lipinski definition) is 2. The Kier molecular flexibility index (Phi) is 3.10. The molecule has 1 saturated heterocycles. The summed E-state index contributed by atoms with van der Waals surface area (Å²) in [7, 11) is 0. The number of hydrogen-bond donors (Lipinski definition) is 1. The summed E-state index contributed by atoms with van der Waals surface area (Å²) in [6, 6.07) is 0. The lowest BCUT2D eigenvalue weighted by Gasteiger charge is -2.27. The number of alkyl halides is 3. The summed E-state index contributed by atoms with van der Waals surface area (Å²) in [6.07, 6.45) is -0.216. The minimum absolute atomic E-state index is 0.172. The fraction of sp³-hybridized carbons (Fsp3) is 0.833. The van der Waals surface area contributed by atoms with E-state index in [0.717, 1.165) is 0 Å². The van der Waals surface area contributed by atoms with E-state index in [1.165, 1.54) is 4.90 Å². The van der Waals surface area contributed by atoms with E-state index in [4.69, 9.17) is 34.8 Å². The predicted molar refractivity (Wildman–Crippen MR) is 47.2 cm³/mol. The summed E-state index contributed by atoms with van der Waals surface area (Å²) in [5.74, 6) is -0.172. The normalized spacial score (nSPS) is 21.7. The fourth-order valence-corrected chi connectivity index (χ4v) is 1.46. The number of carbonyl (C=O) groups is 1. The highest BCUT2D eigenvalue weighted by Gasteiger charge is 2.39. The highest BCUT2D eigenvalue weighted by atomic mass is 35.6. The molecule has 1 amide bonds. The number of halogens is 3. The molecule has 1 atom stereocenters. The molecule has 1 fully saturated rings. The Labute approximate surface area is 85.2 Å². The molecule has 0 spiro atoms. The summed E-state index contributed by atoms with van der Waals surface area (Å²) >= 11 is 16.2. The van der Waals surface area contributed by atoms with E-state index in [0.29, 0.717) is 19.4 Å². The Morgan fingerprint density at radius 3 is 2.42 bits per heavy atom. The van der Waals surface area contributed by atoms with Crippen molar-refractivity contribution < 1.29 is 9.90 Å². The van der Waals surface area contributed by atoms with Crippen LogP contribution in [0.2, 0.25) is 0 Å². The number of rotatable bonds is 1. The molecule has 0 aliphatic carbocycles. The molecule has 0 saturated carbocycles. The zero-order valence-electron chi connectivity index (χ0n) is 6.14. The SMILES string of the molecule is O=C1CCCN1[C@H](O)C(Cl)(Cl)Cl. The van der Waals surface area contributed by atoms with Crippen LogP contribution < -0.4 is 0 Å². The van der Waals surface area contributed by atoms with Gasteiger partial charge in [0.15, 0.2) is 6.23 Å². The molecule has 0 unspecified atom stereocenters. The van der Waals surface area contributed by atoms with Crippen molar-refractivity contribution in [2.45, 2.75) is 22.9 Å². The van der Waals surface area contributed by atoms with Crippen LogP contribution in [0, 0.1) is 0 Å². The van der Waals surface area contributed by atoms with Crippen LogP contribution in [0.1, 0.15) is 12.8 Å². The van der Waals surface area contributed by atoms with E-state index in [2.05, 4.69) is 0 Å². The maximum atomic E-state index is 11.1. The van der Waals surface area contributed by atoms with Gasteiger partial charge in [-0.15, -0.1) is 0 Å². The molecule has 6 heteroatoms. The van der Waals surface area contributed by atoms with Gasteiger partial charge in [0.05, 0.1) is 0 Å². The summed E-state index contributed by atoms with van der Waals surface area (Å²) in [5, 5.41) is 9.37. The third kappa shape index (κ3) is 2.16. The molecule has 0 radical (unpaired) electrons. The quantitative estimate of drug-likeness (QED) is 0.692.